The maximum Gasteiger partial charge on any atom is 0.140 e. The summed E-state index contributed by atoms with van der Waals surface area (Å²) in [4.78, 5) is 2.29. The van der Waals surface area contributed by atoms with Crippen molar-refractivity contribution < 1.29 is 5.21 Å². The van der Waals surface area contributed by atoms with Gasteiger partial charge in [-0.3, -0.25) is 4.90 Å². The Labute approximate surface area is 119 Å². The lowest BCUT2D eigenvalue weighted by Crippen LogP contribution is -2.27. The van der Waals surface area contributed by atoms with Gasteiger partial charge < -0.3 is 10.9 Å². The summed E-state index contributed by atoms with van der Waals surface area (Å²) >= 11 is 0. The second-order valence-electron chi connectivity index (χ2n) is 4.85. The number of nitrogens with zero attached hydrogens (tertiary/aromatic N) is 2. The molecule has 0 heterocycles. The molecular formula is C16H21N3O. The average molecular weight is 271 g/mol. The van der Waals surface area contributed by atoms with E-state index in [9.17, 15) is 0 Å². The predicted molar refractivity (Wildman–Crippen MR) is 82.9 cm³/mol. The molecule has 106 valence electrons. The van der Waals surface area contributed by atoms with E-state index in [1.807, 2.05) is 0 Å². The molecule has 2 aromatic rings. The van der Waals surface area contributed by atoms with E-state index in [0.29, 0.717) is 6.42 Å². The Hall–Kier alpha value is -2.07. The molecule has 2 aromatic carbocycles. The zero-order chi connectivity index (χ0) is 14.4. The van der Waals surface area contributed by atoms with Crippen LogP contribution in [0.3, 0.4) is 0 Å². The Morgan fingerprint density at radius 3 is 2.70 bits per heavy atom. The minimum atomic E-state index is 0.279. The van der Waals surface area contributed by atoms with Crippen LogP contribution in [0.5, 0.6) is 0 Å². The van der Waals surface area contributed by atoms with Crippen LogP contribution in [0, 0.1) is 0 Å². The molecule has 3 N–H and O–H groups in total. The lowest BCUT2D eigenvalue weighted by molar-refractivity contribution is 0.284. The van der Waals surface area contributed by atoms with E-state index < -0.39 is 0 Å². The number of nitrogens with two attached hydrogens (primary N) is 1. The van der Waals surface area contributed by atoms with Crippen molar-refractivity contribution >= 4 is 16.6 Å². The van der Waals surface area contributed by atoms with Gasteiger partial charge in [-0.15, -0.1) is 0 Å². The van der Waals surface area contributed by atoms with Gasteiger partial charge in [0, 0.05) is 19.5 Å². The summed E-state index contributed by atoms with van der Waals surface area (Å²) < 4.78 is 0. The SMILES string of the molecule is CCN(CCC(N)=NO)Cc1cccc2ccccc12. The molecule has 0 radical (unpaired) electrons. The number of amidine groups is 1. The monoisotopic (exact) mass is 271 g/mol. The molecule has 0 unspecified atom stereocenters. The van der Waals surface area contributed by atoms with Gasteiger partial charge in [-0.1, -0.05) is 54.5 Å². The molecule has 20 heavy (non-hydrogen) atoms. The van der Waals surface area contributed by atoms with Crippen molar-refractivity contribution in [2.24, 2.45) is 10.9 Å². The average Bonchev–Trinajstić information content (AvgIpc) is 2.51. The quantitative estimate of drug-likeness (QED) is 0.367. The first-order valence-electron chi connectivity index (χ1n) is 6.90. The summed E-state index contributed by atoms with van der Waals surface area (Å²) in [5, 5.41) is 14.2. The highest BCUT2D eigenvalue weighted by Crippen LogP contribution is 2.19. The second kappa shape index (κ2) is 6.91. The Balaban J connectivity index is 2.13. The molecule has 2 rings (SSSR count). The zero-order valence-electron chi connectivity index (χ0n) is 11.8. The molecule has 0 aliphatic carbocycles. The first-order valence-corrected chi connectivity index (χ1v) is 6.90. The molecular weight excluding hydrogens is 250 g/mol. The van der Waals surface area contributed by atoms with E-state index in [2.05, 4.69) is 59.4 Å². The lowest BCUT2D eigenvalue weighted by Gasteiger charge is -2.21. The first-order chi connectivity index (χ1) is 9.74. The van der Waals surface area contributed by atoms with Crippen molar-refractivity contribution in [1.29, 1.82) is 0 Å². The van der Waals surface area contributed by atoms with Crippen LogP contribution in [0.2, 0.25) is 0 Å². The summed E-state index contributed by atoms with van der Waals surface area (Å²) in [7, 11) is 0. The van der Waals surface area contributed by atoms with Gasteiger partial charge in [0.25, 0.3) is 0 Å². The smallest absolute Gasteiger partial charge is 0.140 e. The van der Waals surface area contributed by atoms with Crippen LogP contribution in [0.4, 0.5) is 0 Å². The molecule has 0 fully saturated rings. The molecule has 0 atom stereocenters. The van der Waals surface area contributed by atoms with Crippen LogP contribution in [-0.4, -0.2) is 29.0 Å². The standard InChI is InChI=1S/C16H21N3O/c1-2-19(11-10-16(17)18-20)12-14-8-5-7-13-6-3-4-9-15(13)14/h3-9,20H,2,10-12H2,1H3,(H2,17,18). The van der Waals surface area contributed by atoms with Crippen LogP contribution in [0.15, 0.2) is 47.6 Å². The highest BCUT2D eigenvalue weighted by atomic mass is 16.4. The topological polar surface area (TPSA) is 61.8 Å². The third kappa shape index (κ3) is 3.48. The number of benzene rings is 2. The highest BCUT2D eigenvalue weighted by Gasteiger charge is 2.07. The Morgan fingerprint density at radius 2 is 1.95 bits per heavy atom. The van der Waals surface area contributed by atoms with Crippen LogP contribution >= 0.6 is 0 Å². The molecule has 0 aliphatic rings. The van der Waals surface area contributed by atoms with Gasteiger partial charge in [0.15, 0.2) is 0 Å². The van der Waals surface area contributed by atoms with Crippen molar-refractivity contribution in [3.05, 3.63) is 48.0 Å². The fourth-order valence-corrected chi connectivity index (χ4v) is 2.34. The molecule has 0 amide bonds. The van der Waals surface area contributed by atoms with Gasteiger partial charge in [-0.2, -0.15) is 0 Å². The first kappa shape index (κ1) is 14.3. The van der Waals surface area contributed by atoms with Crippen molar-refractivity contribution in [2.45, 2.75) is 19.9 Å². The number of hydrogen-bond donors (Lipinski definition) is 2. The summed E-state index contributed by atoms with van der Waals surface area (Å²) in [6.07, 6.45) is 0.578. The number of hydrogen-bond acceptors (Lipinski definition) is 3. The molecule has 0 aromatic heterocycles. The zero-order valence-corrected chi connectivity index (χ0v) is 11.8. The lowest BCUT2D eigenvalue weighted by atomic mass is 10.0. The van der Waals surface area contributed by atoms with Gasteiger partial charge in [0.1, 0.15) is 5.84 Å². The Morgan fingerprint density at radius 1 is 1.20 bits per heavy atom. The molecule has 0 saturated heterocycles. The maximum atomic E-state index is 8.60. The van der Waals surface area contributed by atoms with Crippen molar-refractivity contribution in [3.63, 3.8) is 0 Å². The third-order valence-corrected chi connectivity index (χ3v) is 3.53. The third-order valence-electron chi connectivity index (χ3n) is 3.53. The predicted octanol–water partition coefficient (Wildman–Crippen LogP) is 2.80. The van der Waals surface area contributed by atoms with E-state index >= 15 is 0 Å². The number of rotatable bonds is 6. The van der Waals surface area contributed by atoms with Gasteiger partial charge in [-0.05, 0) is 22.9 Å². The fraction of sp³-hybridized carbons (Fsp3) is 0.312. The second-order valence-corrected chi connectivity index (χ2v) is 4.85. The number of oxime groups is 1. The van der Waals surface area contributed by atoms with E-state index in [-0.39, 0.29) is 5.84 Å². The number of fused-ring (bicyclic) bond motifs is 1. The van der Waals surface area contributed by atoms with Crippen LogP contribution in [-0.2, 0) is 6.54 Å². The fourth-order valence-electron chi connectivity index (χ4n) is 2.34. The molecule has 0 aliphatic heterocycles. The summed E-state index contributed by atoms with van der Waals surface area (Å²) in [6.45, 7) is 4.71. The minimum Gasteiger partial charge on any atom is -0.409 e. The van der Waals surface area contributed by atoms with E-state index in [1.54, 1.807) is 0 Å². The molecule has 0 bridgehead atoms. The van der Waals surface area contributed by atoms with Gasteiger partial charge in [0.2, 0.25) is 0 Å². The summed E-state index contributed by atoms with van der Waals surface area (Å²) in [5.41, 5.74) is 6.84. The van der Waals surface area contributed by atoms with Crippen molar-refractivity contribution in [2.75, 3.05) is 13.1 Å². The van der Waals surface area contributed by atoms with Crippen LogP contribution < -0.4 is 5.73 Å². The Bertz CT molecular complexity index is 590. The van der Waals surface area contributed by atoms with Crippen LogP contribution in [0.25, 0.3) is 10.8 Å². The van der Waals surface area contributed by atoms with E-state index in [0.717, 1.165) is 19.6 Å². The van der Waals surface area contributed by atoms with Gasteiger partial charge >= 0.3 is 0 Å². The van der Waals surface area contributed by atoms with E-state index in [4.69, 9.17) is 10.9 Å². The molecule has 4 nitrogen and oxygen atoms in total. The maximum absolute atomic E-state index is 8.60. The van der Waals surface area contributed by atoms with Crippen molar-refractivity contribution in [3.8, 4) is 0 Å². The largest absolute Gasteiger partial charge is 0.409 e. The summed E-state index contributed by atoms with van der Waals surface area (Å²) in [5.74, 6) is 0.279. The van der Waals surface area contributed by atoms with Crippen molar-refractivity contribution in [1.82, 2.24) is 4.90 Å². The summed E-state index contributed by atoms with van der Waals surface area (Å²) in [6, 6.07) is 14.8. The Kier molecular flexibility index (Phi) is 4.96. The molecule has 0 spiro atoms. The van der Waals surface area contributed by atoms with E-state index in [1.165, 1.54) is 16.3 Å². The molecule has 0 saturated carbocycles. The van der Waals surface area contributed by atoms with Crippen LogP contribution in [0.1, 0.15) is 18.9 Å². The van der Waals surface area contributed by atoms with Gasteiger partial charge in [0.05, 0.1) is 0 Å². The van der Waals surface area contributed by atoms with Gasteiger partial charge in [-0.25, -0.2) is 0 Å². The normalized spacial score (nSPS) is 12.2. The molecule has 4 heteroatoms. The minimum absolute atomic E-state index is 0.279. The highest BCUT2D eigenvalue weighted by molar-refractivity contribution is 5.85.